The summed E-state index contributed by atoms with van der Waals surface area (Å²) in [7, 11) is 0. The number of phenols is 3. The van der Waals surface area contributed by atoms with Crippen LogP contribution < -0.4 is 33.2 Å². The topological polar surface area (TPSA) is 433 Å². The molecular formula is C62H91N9O17S. The van der Waals surface area contributed by atoms with Crippen molar-refractivity contribution < 1.29 is 83.4 Å². The third-order valence-corrected chi connectivity index (χ3v) is 17.6. The van der Waals surface area contributed by atoms with Crippen molar-refractivity contribution in [2.24, 2.45) is 40.9 Å². The first-order valence-electron chi connectivity index (χ1n) is 30.8. The number of carbonyl (C=O) groups is 11. The molecule has 15 N–H and O–H groups in total. The summed E-state index contributed by atoms with van der Waals surface area (Å²) in [6.07, 6.45) is 0.300. The number of carboxylic acids is 1. The molecule has 3 heterocycles. The maximum Gasteiger partial charge on any atom is 0.306 e. The predicted molar refractivity (Wildman–Crippen MR) is 327 cm³/mol. The van der Waals surface area contributed by atoms with Crippen LogP contribution in [0.3, 0.4) is 0 Å². The molecule has 0 radical (unpaired) electrons. The molecule has 27 heteroatoms. The number of carboxylic acid groups (broad SMARTS) is 1. The highest BCUT2D eigenvalue weighted by molar-refractivity contribution is 7.80. The number of nitrogens with two attached hydrogens (primary N) is 3. The molecule has 0 aromatic heterocycles. The first-order valence-corrected chi connectivity index (χ1v) is 31.5. The molecule has 3 aliphatic rings. The first-order chi connectivity index (χ1) is 42.3. The fourth-order valence-electron chi connectivity index (χ4n) is 11.9. The molecule has 26 nitrogen and oxygen atoms in total. The Labute approximate surface area is 523 Å². The number of Topliss-reactive ketones (excluding diaryl/α,β-unsaturated/α-hetero) is 4. The monoisotopic (exact) mass is 1270 g/mol. The molecule has 0 aliphatic carbocycles. The van der Waals surface area contributed by atoms with E-state index in [9.17, 15) is 83.4 Å². The van der Waals surface area contributed by atoms with E-state index in [4.69, 9.17) is 17.2 Å². The number of aliphatic hydroxyl groups is 2. The van der Waals surface area contributed by atoms with Gasteiger partial charge in [-0.2, -0.15) is 12.6 Å². The highest BCUT2D eigenvalue weighted by Gasteiger charge is 2.46. The van der Waals surface area contributed by atoms with Gasteiger partial charge in [0.2, 0.25) is 35.4 Å². The number of amides is 6. The molecule has 0 saturated carbocycles. The van der Waals surface area contributed by atoms with Crippen molar-refractivity contribution in [1.82, 2.24) is 30.7 Å². The number of thiol groups is 1. The highest BCUT2D eigenvalue weighted by atomic mass is 32.1. The molecule has 6 amide bonds. The van der Waals surface area contributed by atoms with Gasteiger partial charge in [0.25, 0.3) is 0 Å². The maximum absolute atomic E-state index is 14.9. The Kier molecular flexibility index (Phi) is 28.9. The van der Waals surface area contributed by atoms with E-state index in [0.29, 0.717) is 63.6 Å². The number of carbonyl (C=O) groups excluding carboxylic acids is 10. The zero-order valence-electron chi connectivity index (χ0n) is 50.8. The fourth-order valence-corrected chi connectivity index (χ4v) is 12.1. The summed E-state index contributed by atoms with van der Waals surface area (Å²) < 4.78 is 0. The van der Waals surface area contributed by atoms with E-state index < -0.39 is 174 Å². The second kappa shape index (κ2) is 35.4. The minimum absolute atomic E-state index is 0.0432. The third-order valence-electron chi connectivity index (χ3n) is 17.2. The average Bonchev–Trinajstić information content (AvgIpc) is 2.00. The zero-order chi connectivity index (χ0) is 65.6. The smallest absolute Gasteiger partial charge is 0.306 e. The number of phenolic OH excluding ortho intramolecular Hbond substituents is 3. The van der Waals surface area contributed by atoms with Crippen molar-refractivity contribution in [3.63, 3.8) is 0 Å². The largest absolute Gasteiger partial charge is 0.508 e. The standard InChI is InChI=1S/C62H91N9O17S/c1-35(66-58(83)44(65)34-89)51(76)29-39(10-3-5-21-63)59(84)69-23-7-12-47(69)53(78)31-41(33-72)56(81)68-46(26-37-15-18-42(74)19-16-37)60(85)71-25-9-14-49(71)61(86)70-24-8-13-48(70)54(79)32-43(36(2)73)57(82)67-45(27-38-17-20-50(75)55(80)28-38)52(77)30-40(62(87)88)11-4-6-22-64/h15-20,28,35-36,39-41,43-49,72-75,80,89H,3-14,21-27,29-34,63-65H2,1-2H3,(H,66,83)(H,67,82)(H,68,81)(H,87,88). The molecule has 12 unspecified atom stereocenters. The van der Waals surface area contributed by atoms with Gasteiger partial charge in [-0.25, -0.2) is 0 Å². The van der Waals surface area contributed by atoms with Crippen LogP contribution in [0.25, 0.3) is 0 Å². The van der Waals surface area contributed by atoms with Gasteiger partial charge in [-0.05, 0) is 133 Å². The second-order valence-corrected chi connectivity index (χ2v) is 24.2. The SMILES string of the molecule is CC(NC(=O)C(N)CS)C(=O)CC(CCCCN)C(=O)N1CCCC1C(=O)CC(CO)C(=O)NC(Cc1ccc(O)cc1)C(=O)N1CCCC1C(=O)N1CCCC1C(=O)CC(C(=O)NC(Cc1ccc(O)c(O)c1)C(=O)CC(CCCCN)C(=O)O)C(C)O. The van der Waals surface area contributed by atoms with Crippen LogP contribution >= 0.6 is 12.6 Å². The summed E-state index contributed by atoms with van der Waals surface area (Å²) in [4.78, 5) is 157. The van der Waals surface area contributed by atoms with Gasteiger partial charge in [-0.3, -0.25) is 52.7 Å². The molecule has 89 heavy (non-hydrogen) atoms. The minimum atomic E-state index is -1.48. The molecular weight excluding hydrogens is 1170 g/mol. The molecule has 3 aliphatic heterocycles. The van der Waals surface area contributed by atoms with E-state index in [1.165, 1.54) is 71.0 Å². The van der Waals surface area contributed by atoms with E-state index in [1.54, 1.807) is 0 Å². The first kappa shape index (κ1) is 72.7. The molecule has 492 valence electrons. The van der Waals surface area contributed by atoms with Gasteiger partial charge in [0.05, 0.1) is 60.7 Å². The number of aliphatic carboxylic acids is 1. The summed E-state index contributed by atoms with van der Waals surface area (Å²) in [5.74, 6) is -13.5. The van der Waals surface area contributed by atoms with E-state index >= 15 is 0 Å². The molecule has 3 fully saturated rings. The number of hydrogen-bond donors (Lipinski definition) is 13. The van der Waals surface area contributed by atoms with Crippen LogP contribution in [0.5, 0.6) is 17.2 Å². The van der Waals surface area contributed by atoms with Crippen LogP contribution in [0.2, 0.25) is 0 Å². The number of nitrogens with one attached hydrogen (secondary N) is 3. The van der Waals surface area contributed by atoms with Crippen LogP contribution in [0.15, 0.2) is 42.5 Å². The van der Waals surface area contributed by atoms with Crippen molar-refractivity contribution >= 4 is 77.2 Å². The van der Waals surface area contributed by atoms with Crippen LogP contribution in [0.4, 0.5) is 0 Å². The number of nitrogens with zero attached hydrogens (tertiary/aromatic N) is 3. The Balaban J connectivity index is 1.31. The minimum Gasteiger partial charge on any atom is -0.508 e. The Morgan fingerprint density at radius 3 is 1.70 bits per heavy atom. The van der Waals surface area contributed by atoms with E-state index in [-0.39, 0.29) is 88.1 Å². The van der Waals surface area contributed by atoms with Gasteiger partial charge in [-0.1, -0.05) is 31.0 Å². The Morgan fingerprint density at radius 1 is 0.596 bits per heavy atom. The molecule has 5 rings (SSSR count). The summed E-state index contributed by atoms with van der Waals surface area (Å²) in [6.45, 7) is 2.89. The van der Waals surface area contributed by atoms with Crippen LogP contribution in [0, 0.1) is 23.7 Å². The Morgan fingerprint density at radius 2 is 1.12 bits per heavy atom. The molecule has 3 saturated heterocycles. The van der Waals surface area contributed by atoms with Gasteiger partial charge >= 0.3 is 5.97 Å². The van der Waals surface area contributed by atoms with Crippen molar-refractivity contribution in [3.05, 3.63) is 53.6 Å². The van der Waals surface area contributed by atoms with Crippen LogP contribution in [-0.2, 0) is 65.6 Å². The lowest BCUT2D eigenvalue weighted by Gasteiger charge is -2.34. The Hall–Kier alpha value is -7.04. The summed E-state index contributed by atoms with van der Waals surface area (Å²) >= 11 is 4.04. The number of aliphatic hydroxyl groups excluding tert-OH is 2. The molecule has 2 aromatic carbocycles. The zero-order valence-corrected chi connectivity index (χ0v) is 51.7. The van der Waals surface area contributed by atoms with Crippen LogP contribution in [-0.4, -0.2) is 203 Å². The quantitative estimate of drug-likeness (QED) is 0.0246. The molecule has 12 atom stereocenters. The van der Waals surface area contributed by atoms with Gasteiger partial charge in [-0.15, -0.1) is 0 Å². The van der Waals surface area contributed by atoms with Crippen molar-refractivity contribution in [2.75, 3.05) is 45.1 Å². The van der Waals surface area contributed by atoms with Crippen LogP contribution in [0.1, 0.15) is 128 Å². The van der Waals surface area contributed by atoms with Gasteiger partial charge in [0.15, 0.2) is 34.6 Å². The lowest BCUT2D eigenvalue weighted by molar-refractivity contribution is -0.148. The second-order valence-electron chi connectivity index (χ2n) is 23.8. The normalized spacial score (nSPS) is 19.6. The Bertz CT molecular complexity index is 2810. The number of rotatable bonds is 37. The lowest BCUT2D eigenvalue weighted by Crippen LogP contribution is -2.56. The van der Waals surface area contributed by atoms with E-state index in [0.717, 1.165) is 0 Å². The number of hydrogen-bond acceptors (Lipinski definition) is 20. The van der Waals surface area contributed by atoms with Gasteiger partial charge in [0, 0.05) is 63.4 Å². The number of unbranched alkanes of at least 4 members (excludes halogenated alkanes) is 2. The lowest BCUT2D eigenvalue weighted by atomic mass is 9.89. The number of ketones is 4. The average molecular weight is 1270 g/mol. The number of benzene rings is 2. The van der Waals surface area contributed by atoms with Gasteiger partial charge in [0.1, 0.15) is 17.8 Å². The van der Waals surface area contributed by atoms with Crippen molar-refractivity contribution in [3.8, 4) is 17.2 Å². The number of likely N-dealkylation sites (tertiary alicyclic amines) is 3. The fraction of sp³-hybridized carbons (Fsp3) is 0.629. The summed E-state index contributed by atoms with van der Waals surface area (Å²) in [5, 5.41) is 69.7. The molecule has 0 bridgehead atoms. The predicted octanol–water partition coefficient (Wildman–Crippen LogP) is 0.310. The van der Waals surface area contributed by atoms with Crippen molar-refractivity contribution in [2.45, 2.75) is 178 Å². The molecule has 0 spiro atoms. The van der Waals surface area contributed by atoms with Gasteiger partial charge < -0.3 is 78.5 Å². The van der Waals surface area contributed by atoms with E-state index in [2.05, 4.69) is 28.6 Å². The third kappa shape index (κ3) is 20.8. The van der Waals surface area contributed by atoms with E-state index in [1.807, 2.05) is 0 Å². The number of aromatic hydroxyl groups is 3. The van der Waals surface area contributed by atoms with Crippen molar-refractivity contribution in [1.29, 1.82) is 0 Å². The summed E-state index contributed by atoms with van der Waals surface area (Å²) in [6, 6.07) is 1.59. The maximum atomic E-state index is 14.9. The summed E-state index contributed by atoms with van der Waals surface area (Å²) in [5.41, 5.74) is 17.9. The highest BCUT2D eigenvalue weighted by Crippen LogP contribution is 2.31. The molecule has 2 aromatic rings.